The maximum Gasteiger partial charge on any atom is 0.403 e. The molecule has 0 saturated carbocycles. The number of carbonyl (C=O) groups is 1. The summed E-state index contributed by atoms with van der Waals surface area (Å²) in [6.45, 7) is -0.621. The van der Waals surface area contributed by atoms with E-state index < -0.39 is 58.6 Å². The molecule has 5 atom stereocenters. The van der Waals surface area contributed by atoms with Crippen LogP contribution in [0.15, 0.2) is 12.7 Å². The van der Waals surface area contributed by atoms with Gasteiger partial charge < -0.3 is 35.4 Å². The number of carboxylic acids is 1. The van der Waals surface area contributed by atoms with Crippen LogP contribution < -0.4 is 10.8 Å². The SMILES string of the molecule is Nc1ncnc2c1ncn2[C@H]1C[C@H](O)[C@@H](COP(=O)(O)N[C@@H](CP(=O)(O)O)C(=O)O)O1. The molecule has 2 aromatic heterocycles. The lowest BCUT2D eigenvalue weighted by Gasteiger charge is -2.21. The van der Waals surface area contributed by atoms with Crippen molar-refractivity contribution in [2.75, 3.05) is 18.5 Å². The van der Waals surface area contributed by atoms with Gasteiger partial charge in [0.25, 0.3) is 0 Å². The Morgan fingerprint density at radius 2 is 2.06 bits per heavy atom. The lowest BCUT2D eigenvalue weighted by atomic mass is 10.2. The number of imidazole rings is 1. The van der Waals surface area contributed by atoms with Crippen LogP contribution in [0, 0.1) is 0 Å². The zero-order chi connectivity index (χ0) is 23.0. The van der Waals surface area contributed by atoms with E-state index in [-0.39, 0.29) is 12.2 Å². The van der Waals surface area contributed by atoms with Crippen LogP contribution in [-0.4, -0.2) is 81.4 Å². The normalized spacial score (nSPS) is 24.8. The number of aliphatic hydroxyl groups is 1. The Hall–Kier alpha value is -2.00. The van der Waals surface area contributed by atoms with Gasteiger partial charge in [0.15, 0.2) is 11.5 Å². The molecule has 0 spiro atoms. The quantitative estimate of drug-likeness (QED) is 0.199. The van der Waals surface area contributed by atoms with E-state index in [9.17, 15) is 23.9 Å². The third kappa shape index (κ3) is 5.83. The minimum atomic E-state index is -4.81. The second kappa shape index (κ2) is 8.86. The van der Waals surface area contributed by atoms with Crippen LogP contribution in [0.2, 0.25) is 0 Å². The second-order valence-electron chi connectivity index (χ2n) is 6.70. The molecule has 0 radical (unpaired) electrons. The number of hydrogen-bond donors (Lipinski definition) is 7. The van der Waals surface area contributed by atoms with Crippen molar-refractivity contribution in [3.8, 4) is 0 Å². The van der Waals surface area contributed by atoms with Gasteiger partial charge in [-0.15, -0.1) is 0 Å². The van der Waals surface area contributed by atoms with Gasteiger partial charge in [0.2, 0.25) is 0 Å². The largest absolute Gasteiger partial charge is 0.480 e. The van der Waals surface area contributed by atoms with Gasteiger partial charge >= 0.3 is 21.3 Å². The topological polar surface area (TPSA) is 252 Å². The van der Waals surface area contributed by atoms with E-state index in [2.05, 4.69) is 15.0 Å². The lowest BCUT2D eigenvalue weighted by Crippen LogP contribution is -2.38. The summed E-state index contributed by atoms with van der Waals surface area (Å²) in [7, 11) is -9.61. The summed E-state index contributed by atoms with van der Waals surface area (Å²) >= 11 is 0. The minimum Gasteiger partial charge on any atom is -0.480 e. The highest BCUT2D eigenvalue weighted by Gasteiger charge is 2.39. The highest BCUT2D eigenvalue weighted by Crippen LogP contribution is 2.42. The Labute approximate surface area is 173 Å². The van der Waals surface area contributed by atoms with Gasteiger partial charge in [0.05, 0.1) is 25.2 Å². The summed E-state index contributed by atoms with van der Waals surface area (Å²) in [5.41, 5.74) is 6.40. The van der Waals surface area contributed by atoms with Crippen molar-refractivity contribution in [1.29, 1.82) is 0 Å². The second-order valence-corrected chi connectivity index (χ2v) is 9.95. The molecule has 0 aliphatic carbocycles. The summed E-state index contributed by atoms with van der Waals surface area (Å²) in [6.07, 6.45) is -1.50. The molecule has 31 heavy (non-hydrogen) atoms. The molecule has 0 bridgehead atoms. The summed E-state index contributed by atoms with van der Waals surface area (Å²) in [4.78, 5) is 50.7. The Kier molecular flexibility index (Phi) is 6.76. The fourth-order valence-electron chi connectivity index (χ4n) is 2.94. The first-order valence-corrected chi connectivity index (χ1v) is 12.0. The number of hydrogen-bond acceptors (Lipinski definition) is 10. The zero-order valence-electron chi connectivity index (χ0n) is 15.6. The molecule has 8 N–H and O–H groups in total. The van der Waals surface area contributed by atoms with Crippen molar-refractivity contribution in [1.82, 2.24) is 24.6 Å². The van der Waals surface area contributed by atoms with Crippen molar-refractivity contribution >= 4 is 38.3 Å². The molecule has 3 heterocycles. The van der Waals surface area contributed by atoms with Crippen LogP contribution in [0.1, 0.15) is 12.6 Å². The summed E-state index contributed by atoms with van der Waals surface area (Å²) < 4.78 is 35.0. The van der Waals surface area contributed by atoms with Crippen molar-refractivity contribution in [3.05, 3.63) is 12.7 Å². The lowest BCUT2D eigenvalue weighted by molar-refractivity contribution is -0.138. The van der Waals surface area contributed by atoms with Gasteiger partial charge in [-0.2, -0.15) is 0 Å². The number of carboxylic acid groups (broad SMARTS) is 1. The first-order valence-electron chi connectivity index (χ1n) is 8.65. The van der Waals surface area contributed by atoms with Crippen molar-refractivity contribution in [3.63, 3.8) is 0 Å². The van der Waals surface area contributed by atoms with E-state index in [0.717, 1.165) is 0 Å². The smallest absolute Gasteiger partial charge is 0.403 e. The number of nitrogens with zero attached hydrogens (tertiary/aromatic N) is 4. The monoisotopic (exact) mass is 482 g/mol. The predicted molar refractivity (Wildman–Crippen MR) is 102 cm³/mol. The number of rotatable bonds is 9. The third-order valence-corrected chi connectivity index (χ3v) is 6.33. The highest BCUT2D eigenvalue weighted by molar-refractivity contribution is 7.52. The standard InChI is InChI=1S/C13H20N6O10P2/c14-11-10-12(16-4-15-11)19(5-17-10)9-1-7(20)8(29-9)2-28-31(26,27)18-6(13(21)22)3-30(23,24)25/h4-9,20H,1-3H2,(H,21,22)(H2,14,15,16)(H2,18,26,27)(H2,23,24,25)/t6-,7-,8+,9+/m0/s1. The highest BCUT2D eigenvalue weighted by atomic mass is 31.2. The van der Waals surface area contributed by atoms with Crippen molar-refractivity contribution in [2.24, 2.45) is 0 Å². The average Bonchev–Trinajstić information content (AvgIpc) is 3.22. The van der Waals surface area contributed by atoms with Crippen LogP contribution >= 0.6 is 15.3 Å². The molecule has 18 heteroatoms. The minimum absolute atomic E-state index is 0.0580. The summed E-state index contributed by atoms with van der Waals surface area (Å²) in [6, 6.07) is -2.04. The Bertz CT molecular complexity index is 1060. The summed E-state index contributed by atoms with van der Waals surface area (Å²) in [5, 5.41) is 20.9. The molecule has 2 aromatic rings. The molecule has 16 nitrogen and oxygen atoms in total. The number of anilines is 1. The van der Waals surface area contributed by atoms with Crippen LogP contribution in [0.3, 0.4) is 0 Å². The molecule has 172 valence electrons. The Morgan fingerprint density at radius 3 is 2.71 bits per heavy atom. The van der Waals surface area contributed by atoms with Crippen molar-refractivity contribution < 1.29 is 48.1 Å². The van der Waals surface area contributed by atoms with E-state index in [1.165, 1.54) is 17.2 Å². The van der Waals surface area contributed by atoms with E-state index in [1.54, 1.807) is 5.09 Å². The molecule has 1 aliphatic rings. The number of nitrogen functional groups attached to an aromatic ring is 1. The van der Waals surface area contributed by atoms with Gasteiger partial charge in [-0.05, 0) is 0 Å². The maximum absolute atomic E-state index is 12.1. The maximum atomic E-state index is 12.1. The summed E-state index contributed by atoms with van der Waals surface area (Å²) in [5.74, 6) is -1.61. The first kappa shape index (κ1) is 23.7. The van der Waals surface area contributed by atoms with Gasteiger partial charge in [0.1, 0.15) is 30.2 Å². The first-order chi connectivity index (χ1) is 14.4. The van der Waals surface area contributed by atoms with Gasteiger partial charge in [-0.25, -0.2) is 24.6 Å². The third-order valence-electron chi connectivity index (χ3n) is 4.35. The molecular weight excluding hydrogens is 462 g/mol. The van der Waals surface area contributed by atoms with Gasteiger partial charge in [-0.3, -0.25) is 18.5 Å². The fraction of sp³-hybridized carbons (Fsp3) is 0.538. The number of fused-ring (bicyclic) bond motifs is 1. The van der Waals surface area contributed by atoms with E-state index in [4.69, 9.17) is 29.9 Å². The van der Waals surface area contributed by atoms with Crippen molar-refractivity contribution in [2.45, 2.75) is 30.9 Å². The average molecular weight is 482 g/mol. The van der Waals surface area contributed by atoms with E-state index in [1.807, 2.05) is 0 Å². The predicted octanol–water partition coefficient (Wildman–Crippen LogP) is -1.61. The number of nitrogens with one attached hydrogen (secondary N) is 1. The number of ether oxygens (including phenoxy) is 1. The van der Waals surface area contributed by atoms with Gasteiger partial charge in [-0.1, -0.05) is 0 Å². The van der Waals surface area contributed by atoms with E-state index >= 15 is 0 Å². The molecule has 1 fully saturated rings. The van der Waals surface area contributed by atoms with Gasteiger partial charge in [0, 0.05) is 6.42 Å². The fourth-order valence-corrected chi connectivity index (χ4v) is 4.82. The molecule has 1 aliphatic heterocycles. The molecule has 0 aromatic carbocycles. The molecular formula is C13H20N6O10P2. The van der Waals surface area contributed by atoms with E-state index in [0.29, 0.717) is 11.2 Å². The zero-order valence-corrected chi connectivity index (χ0v) is 17.4. The van der Waals surface area contributed by atoms with Crippen LogP contribution in [-0.2, 0) is 23.2 Å². The molecule has 0 amide bonds. The molecule has 1 unspecified atom stereocenters. The Morgan fingerprint density at radius 1 is 1.35 bits per heavy atom. The number of nitrogens with two attached hydrogens (primary N) is 1. The van der Waals surface area contributed by atoms with Crippen LogP contribution in [0.4, 0.5) is 5.82 Å². The number of aliphatic carboxylic acids is 1. The molecule has 3 rings (SSSR count). The number of aromatic nitrogens is 4. The van der Waals surface area contributed by atoms with Crippen LogP contribution in [0.25, 0.3) is 11.2 Å². The Balaban J connectivity index is 1.63. The molecule has 1 saturated heterocycles. The number of aliphatic hydroxyl groups excluding tert-OH is 1. The van der Waals surface area contributed by atoms with Crippen LogP contribution in [0.5, 0.6) is 0 Å².